The summed E-state index contributed by atoms with van der Waals surface area (Å²) in [4.78, 5) is 16.9. The number of hydrogen-bond donors (Lipinski definition) is 0. The lowest BCUT2D eigenvalue weighted by Crippen LogP contribution is -2.12. The van der Waals surface area contributed by atoms with Gasteiger partial charge in [0.25, 0.3) is 0 Å². The summed E-state index contributed by atoms with van der Waals surface area (Å²) >= 11 is 11.7. The first-order valence-corrected chi connectivity index (χ1v) is 12.2. The molecule has 0 bridgehead atoms. The molecule has 2 heterocycles. The highest BCUT2D eigenvalue weighted by Gasteiger charge is 2.31. The van der Waals surface area contributed by atoms with Crippen molar-refractivity contribution < 1.29 is 30.4 Å². The van der Waals surface area contributed by atoms with E-state index in [1.807, 2.05) is 0 Å². The average molecular weight is 546 g/mol. The molecule has 0 fully saturated rings. The molecule has 4 aromatic rings. The summed E-state index contributed by atoms with van der Waals surface area (Å²) in [5.74, 6) is -1.19. The maximum absolute atomic E-state index is 13.8. The van der Waals surface area contributed by atoms with Crippen molar-refractivity contribution in [3.05, 3.63) is 80.5 Å². The topological polar surface area (TPSA) is 77.2 Å². The molecular formula is C23H13Cl2F4NO4S. The number of rotatable bonds is 4. The smallest absolute Gasteiger partial charge is 0.416 e. The van der Waals surface area contributed by atoms with Gasteiger partial charge in [0.2, 0.25) is 5.43 Å². The number of alkyl halides is 3. The molecule has 5 nitrogen and oxygen atoms in total. The van der Waals surface area contributed by atoms with Crippen LogP contribution >= 0.6 is 23.2 Å². The number of aromatic nitrogens is 1. The van der Waals surface area contributed by atoms with Crippen molar-refractivity contribution in [2.24, 2.45) is 0 Å². The van der Waals surface area contributed by atoms with Gasteiger partial charge >= 0.3 is 6.18 Å². The maximum atomic E-state index is 13.8. The molecule has 0 atom stereocenters. The summed E-state index contributed by atoms with van der Waals surface area (Å²) in [7, 11) is -3.96. The minimum absolute atomic E-state index is 0.182. The third kappa shape index (κ3) is 4.65. The molecule has 2 aromatic heterocycles. The van der Waals surface area contributed by atoms with Crippen molar-refractivity contribution in [3.63, 3.8) is 0 Å². The van der Waals surface area contributed by atoms with Crippen LogP contribution in [0.2, 0.25) is 10.0 Å². The van der Waals surface area contributed by atoms with Crippen LogP contribution in [0.15, 0.2) is 63.0 Å². The Balaban J connectivity index is 1.95. The van der Waals surface area contributed by atoms with Crippen molar-refractivity contribution in [1.29, 1.82) is 0 Å². The molecule has 0 amide bonds. The molecule has 2 aromatic carbocycles. The van der Waals surface area contributed by atoms with Gasteiger partial charge in [-0.3, -0.25) is 9.78 Å². The number of nitrogens with zero attached hydrogens (tertiary/aromatic N) is 1. The van der Waals surface area contributed by atoms with Crippen LogP contribution in [0, 0.1) is 5.82 Å². The molecule has 0 aliphatic heterocycles. The fourth-order valence-corrected chi connectivity index (χ4v) is 4.95. The fraction of sp³-hybridized carbons (Fsp3) is 0.130. The van der Waals surface area contributed by atoms with Crippen molar-refractivity contribution in [2.75, 3.05) is 5.75 Å². The van der Waals surface area contributed by atoms with Crippen molar-refractivity contribution >= 4 is 44.0 Å². The van der Waals surface area contributed by atoms with Gasteiger partial charge in [-0.05, 0) is 42.0 Å². The largest absolute Gasteiger partial charge is 0.463 e. The van der Waals surface area contributed by atoms with Gasteiger partial charge in [0.15, 0.2) is 15.7 Å². The number of benzene rings is 2. The number of sulfone groups is 1. The van der Waals surface area contributed by atoms with Crippen molar-refractivity contribution in [3.8, 4) is 22.4 Å². The van der Waals surface area contributed by atoms with Crippen LogP contribution in [0.25, 0.3) is 33.4 Å². The Bertz CT molecular complexity index is 1630. The summed E-state index contributed by atoms with van der Waals surface area (Å²) < 4.78 is 83.9. The van der Waals surface area contributed by atoms with Gasteiger partial charge in [0.1, 0.15) is 11.8 Å². The van der Waals surface area contributed by atoms with Crippen LogP contribution in [0.4, 0.5) is 17.6 Å². The molecule has 35 heavy (non-hydrogen) atoms. The molecule has 0 N–H and O–H groups in total. The third-order valence-corrected chi connectivity index (χ3v) is 7.53. The van der Waals surface area contributed by atoms with Gasteiger partial charge in [0, 0.05) is 11.8 Å². The number of halogens is 6. The Morgan fingerprint density at radius 3 is 2.29 bits per heavy atom. The second kappa shape index (κ2) is 8.92. The Hall–Kier alpha value is -2.95. The summed E-state index contributed by atoms with van der Waals surface area (Å²) in [6, 6.07) is 6.08. The molecule has 0 radical (unpaired) electrons. The lowest BCUT2D eigenvalue weighted by molar-refractivity contribution is -0.137. The fourth-order valence-electron chi connectivity index (χ4n) is 3.39. The second-order valence-electron chi connectivity index (χ2n) is 7.42. The first-order chi connectivity index (χ1) is 16.3. The van der Waals surface area contributed by atoms with Gasteiger partial charge in [-0.1, -0.05) is 30.1 Å². The average Bonchev–Trinajstić information content (AvgIpc) is 2.81. The van der Waals surface area contributed by atoms with Gasteiger partial charge in [-0.2, -0.15) is 13.2 Å². The Morgan fingerprint density at radius 2 is 1.69 bits per heavy atom. The van der Waals surface area contributed by atoms with Crippen LogP contribution in [0.1, 0.15) is 12.5 Å². The molecule has 4 rings (SSSR count). The standard InChI is InChI=1S/C23H13Cl2F4NO4S/c1-2-35(32,33)19-7-12(11-5-16(24)20(26)17(25)6-11)9-30-21(19)15-10-34-18-8-13(23(27,28)29)3-4-14(18)22(15)31/h3-10H,2H2,1H3. The highest BCUT2D eigenvalue weighted by atomic mass is 35.5. The molecular weight excluding hydrogens is 533 g/mol. The second-order valence-corrected chi connectivity index (χ2v) is 10.5. The third-order valence-electron chi connectivity index (χ3n) is 5.24. The molecule has 0 saturated carbocycles. The Morgan fingerprint density at radius 1 is 1.03 bits per heavy atom. The van der Waals surface area contributed by atoms with Crippen molar-refractivity contribution in [1.82, 2.24) is 4.98 Å². The zero-order valence-corrected chi connectivity index (χ0v) is 19.9. The Labute approximate surface area is 205 Å². The Kier molecular flexibility index (Phi) is 6.41. The minimum Gasteiger partial charge on any atom is -0.463 e. The number of pyridine rings is 1. The van der Waals surface area contributed by atoms with E-state index < -0.39 is 32.8 Å². The van der Waals surface area contributed by atoms with E-state index in [1.165, 1.54) is 31.3 Å². The molecule has 0 aliphatic rings. The van der Waals surface area contributed by atoms with Gasteiger partial charge in [-0.15, -0.1) is 0 Å². The van der Waals surface area contributed by atoms with E-state index in [4.69, 9.17) is 27.6 Å². The minimum atomic E-state index is -4.64. The quantitative estimate of drug-likeness (QED) is 0.208. The lowest BCUT2D eigenvalue weighted by atomic mass is 10.0. The van der Waals surface area contributed by atoms with E-state index in [9.17, 15) is 30.8 Å². The van der Waals surface area contributed by atoms with E-state index in [0.717, 1.165) is 18.4 Å². The summed E-state index contributed by atoms with van der Waals surface area (Å²) in [6.07, 6.45) is -2.54. The first-order valence-electron chi connectivity index (χ1n) is 9.84. The molecule has 0 unspecified atom stereocenters. The van der Waals surface area contributed by atoms with E-state index >= 15 is 0 Å². The summed E-state index contributed by atoms with van der Waals surface area (Å²) in [6.45, 7) is 1.39. The number of hydrogen-bond acceptors (Lipinski definition) is 5. The highest BCUT2D eigenvalue weighted by Crippen LogP contribution is 2.35. The van der Waals surface area contributed by atoms with Crippen LogP contribution in [0.5, 0.6) is 0 Å². The van der Waals surface area contributed by atoms with E-state index in [1.54, 1.807) is 0 Å². The molecule has 0 spiro atoms. The van der Waals surface area contributed by atoms with Crippen LogP contribution in [0.3, 0.4) is 0 Å². The predicted octanol–water partition coefficient (Wildman–Crippen LogP) is 6.78. The zero-order valence-electron chi connectivity index (χ0n) is 17.6. The summed E-state index contributed by atoms with van der Waals surface area (Å²) in [5.41, 5.74) is -2.09. The van der Waals surface area contributed by atoms with E-state index in [0.29, 0.717) is 6.07 Å². The van der Waals surface area contributed by atoms with Crippen LogP contribution in [-0.4, -0.2) is 19.2 Å². The van der Waals surface area contributed by atoms with E-state index in [-0.39, 0.29) is 54.0 Å². The monoisotopic (exact) mass is 545 g/mol. The van der Waals surface area contributed by atoms with Gasteiger partial charge in [0.05, 0.1) is 42.9 Å². The zero-order chi connectivity index (χ0) is 25.7. The lowest BCUT2D eigenvalue weighted by Gasteiger charge is -2.12. The molecule has 182 valence electrons. The normalized spacial score (nSPS) is 12.3. The highest BCUT2D eigenvalue weighted by molar-refractivity contribution is 7.91. The van der Waals surface area contributed by atoms with E-state index in [2.05, 4.69) is 4.98 Å². The molecule has 0 saturated heterocycles. The molecule has 0 aliphatic carbocycles. The SMILES string of the molecule is CCS(=O)(=O)c1cc(-c2cc(Cl)c(F)c(Cl)c2)cnc1-c1coc2cc(C(F)(F)F)ccc2c1=O. The number of fused-ring (bicyclic) bond motifs is 1. The molecule has 12 heteroatoms. The van der Waals surface area contributed by atoms with Gasteiger partial charge in [-0.25, -0.2) is 12.8 Å². The van der Waals surface area contributed by atoms with Gasteiger partial charge < -0.3 is 4.42 Å². The summed E-state index contributed by atoms with van der Waals surface area (Å²) in [5, 5.41) is -0.756. The first kappa shape index (κ1) is 25.2. The van der Waals surface area contributed by atoms with Crippen LogP contribution in [-0.2, 0) is 16.0 Å². The maximum Gasteiger partial charge on any atom is 0.416 e. The van der Waals surface area contributed by atoms with Crippen molar-refractivity contribution in [2.45, 2.75) is 18.0 Å². The predicted molar refractivity (Wildman–Crippen MR) is 124 cm³/mol. The van der Waals surface area contributed by atoms with Crippen LogP contribution < -0.4 is 5.43 Å².